The zero-order valence-electron chi connectivity index (χ0n) is 11.2. The van der Waals surface area contributed by atoms with Crippen LogP contribution in [-0.4, -0.2) is 17.2 Å². The Morgan fingerprint density at radius 2 is 2.00 bits per heavy atom. The van der Waals surface area contributed by atoms with Crippen molar-refractivity contribution in [1.82, 2.24) is 0 Å². The van der Waals surface area contributed by atoms with E-state index in [4.69, 9.17) is 16.3 Å². The Balaban J connectivity index is 2.21. The van der Waals surface area contributed by atoms with E-state index in [2.05, 4.69) is 5.32 Å². The Kier molecular flexibility index (Phi) is 3.32. The maximum absolute atomic E-state index is 13.7. The first-order valence-electron chi connectivity index (χ1n) is 6.11. The summed E-state index contributed by atoms with van der Waals surface area (Å²) in [5, 5.41) is 3.73. The van der Waals surface area contributed by atoms with Gasteiger partial charge in [0.15, 0.2) is 0 Å². The summed E-state index contributed by atoms with van der Waals surface area (Å²) >= 11 is 5.89. The van der Waals surface area contributed by atoms with E-state index in [0.717, 1.165) is 6.42 Å². The van der Waals surface area contributed by atoms with Crippen LogP contribution in [0.25, 0.3) is 0 Å². The first-order valence-corrected chi connectivity index (χ1v) is 6.49. The minimum atomic E-state index is -0.335. The van der Waals surface area contributed by atoms with Gasteiger partial charge >= 0.3 is 0 Å². The minimum absolute atomic E-state index is 0.0560. The zero-order valence-corrected chi connectivity index (χ0v) is 11.9. The van der Waals surface area contributed by atoms with Gasteiger partial charge in [0, 0.05) is 5.02 Å². The molecule has 1 aromatic rings. The summed E-state index contributed by atoms with van der Waals surface area (Å²) in [4.78, 5) is 0. The molecule has 1 aromatic carbocycles. The van der Waals surface area contributed by atoms with Crippen molar-refractivity contribution in [2.24, 2.45) is 0 Å². The highest BCUT2D eigenvalue weighted by Gasteiger charge is 2.45. The van der Waals surface area contributed by atoms with Crippen molar-refractivity contribution in [3.63, 3.8) is 0 Å². The molecule has 18 heavy (non-hydrogen) atoms. The van der Waals surface area contributed by atoms with Gasteiger partial charge in [-0.3, -0.25) is 0 Å². The summed E-state index contributed by atoms with van der Waals surface area (Å²) in [5.74, 6) is -0.292. The van der Waals surface area contributed by atoms with E-state index in [0.29, 0.717) is 10.7 Å². The highest BCUT2D eigenvalue weighted by Crippen LogP contribution is 2.39. The van der Waals surface area contributed by atoms with Gasteiger partial charge in [-0.2, -0.15) is 0 Å². The van der Waals surface area contributed by atoms with E-state index in [-0.39, 0.29) is 23.1 Å². The van der Waals surface area contributed by atoms with Crippen LogP contribution in [0.4, 0.5) is 10.1 Å². The maximum Gasteiger partial charge on any atom is 0.146 e. The molecule has 1 aliphatic heterocycles. The van der Waals surface area contributed by atoms with Gasteiger partial charge in [-0.15, -0.1) is 0 Å². The van der Waals surface area contributed by atoms with Crippen LogP contribution in [-0.2, 0) is 4.74 Å². The molecule has 100 valence electrons. The van der Waals surface area contributed by atoms with E-state index < -0.39 is 0 Å². The Morgan fingerprint density at radius 1 is 1.33 bits per heavy atom. The molecule has 0 amide bonds. The number of anilines is 1. The summed E-state index contributed by atoms with van der Waals surface area (Å²) in [7, 11) is 0. The fourth-order valence-electron chi connectivity index (χ4n) is 2.58. The van der Waals surface area contributed by atoms with Crippen molar-refractivity contribution >= 4 is 17.3 Å². The predicted octanol–water partition coefficient (Wildman–Crippen LogP) is 4.24. The quantitative estimate of drug-likeness (QED) is 0.869. The van der Waals surface area contributed by atoms with Gasteiger partial charge in [-0.25, -0.2) is 4.39 Å². The molecule has 1 heterocycles. The number of nitrogens with one attached hydrogen (secondary N) is 1. The lowest BCUT2D eigenvalue weighted by Gasteiger charge is -2.28. The van der Waals surface area contributed by atoms with Gasteiger partial charge in [-0.05, 0) is 52.3 Å². The summed E-state index contributed by atoms with van der Waals surface area (Å²) in [6.07, 6.45) is 0.825. The smallest absolute Gasteiger partial charge is 0.146 e. The van der Waals surface area contributed by atoms with Crippen molar-refractivity contribution in [2.75, 3.05) is 5.32 Å². The van der Waals surface area contributed by atoms with Crippen LogP contribution in [0.3, 0.4) is 0 Å². The molecule has 2 rings (SSSR count). The van der Waals surface area contributed by atoms with Crippen LogP contribution in [0.15, 0.2) is 18.2 Å². The van der Waals surface area contributed by atoms with E-state index in [9.17, 15) is 4.39 Å². The fraction of sp³-hybridized carbons (Fsp3) is 0.571. The van der Waals surface area contributed by atoms with Crippen molar-refractivity contribution < 1.29 is 9.13 Å². The molecule has 0 aromatic heterocycles. The van der Waals surface area contributed by atoms with E-state index >= 15 is 0 Å². The Bertz CT molecular complexity index is 459. The van der Waals surface area contributed by atoms with Gasteiger partial charge in [-0.1, -0.05) is 11.6 Å². The predicted molar refractivity (Wildman–Crippen MR) is 72.7 cm³/mol. The molecule has 0 aliphatic carbocycles. The molecule has 1 saturated heterocycles. The third-order valence-electron chi connectivity index (χ3n) is 3.33. The van der Waals surface area contributed by atoms with Crippen LogP contribution in [0.5, 0.6) is 0 Å². The number of hydrogen-bond acceptors (Lipinski definition) is 2. The average Bonchev–Trinajstić information content (AvgIpc) is 2.40. The van der Waals surface area contributed by atoms with Crippen LogP contribution in [0.2, 0.25) is 5.02 Å². The van der Waals surface area contributed by atoms with Gasteiger partial charge in [0.05, 0.1) is 22.9 Å². The number of hydrogen-bond donors (Lipinski definition) is 1. The highest BCUT2D eigenvalue weighted by molar-refractivity contribution is 6.30. The van der Waals surface area contributed by atoms with Crippen molar-refractivity contribution in [2.45, 2.75) is 51.4 Å². The number of halogens is 2. The molecule has 1 atom stereocenters. The number of benzene rings is 1. The van der Waals surface area contributed by atoms with Crippen LogP contribution in [0.1, 0.15) is 34.1 Å². The topological polar surface area (TPSA) is 21.3 Å². The second-order valence-corrected chi connectivity index (χ2v) is 6.43. The maximum atomic E-state index is 13.7. The van der Waals surface area contributed by atoms with Gasteiger partial charge in [0.25, 0.3) is 0 Å². The van der Waals surface area contributed by atoms with Crippen LogP contribution in [0, 0.1) is 5.82 Å². The molecule has 4 heteroatoms. The zero-order chi connectivity index (χ0) is 13.6. The average molecular weight is 272 g/mol. The molecule has 1 fully saturated rings. The Hall–Kier alpha value is -0.800. The standard InChI is InChI=1S/C14H19ClFNO/c1-13(2)8-12(14(3,4)18-13)17-11-7-9(15)5-6-10(11)16/h5-7,12,17H,8H2,1-4H3. The molecule has 0 bridgehead atoms. The van der Waals surface area contributed by atoms with Gasteiger partial charge in [0.2, 0.25) is 0 Å². The number of ether oxygens (including phenoxy) is 1. The van der Waals surface area contributed by atoms with Crippen molar-refractivity contribution in [3.8, 4) is 0 Å². The second-order valence-electron chi connectivity index (χ2n) is 5.99. The molecule has 2 nitrogen and oxygen atoms in total. The summed E-state index contributed by atoms with van der Waals surface area (Å²) < 4.78 is 19.7. The molecular weight excluding hydrogens is 253 g/mol. The lowest BCUT2D eigenvalue weighted by atomic mass is 9.94. The van der Waals surface area contributed by atoms with Crippen LogP contribution >= 0.6 is 11.6 Å². The Morgan fingerprint density at radius 3 is 2.56 bits per heavy atom. The lowest BCUT2D eigenvalue weighted by Crippen LogP contribution is -2.38. The monoisotopic (exact) mass is 271 g/mol. The highest BCUT2D eigenvalue weighted by atomic mass is 35.5. The Labute approximate surface area is 112 Å². The SMILES string of the molecule is CC1(C)CC(Nc2cc(Cl)ccc2F)C(C)(C)O1. The molecule has 0 radical (unpaired) electrons. The minimum Gasteiger partial charge on any atom is -0.377 e. The molecule has 0 spiro atoms. The third-order valence-corrected chi connectivity index (χ3v) is 3.57. The summed E-state index contributed by atoms with van der Waals surface area (Å²) in [5.41, 5.74) is -0.101. The molecule has 1 aliphatic rings. The first kappa shape index (κ1) is 13.6. The van der Waals surface area contributed by atoms with Gasteiger partial charge < -0.3 is 10.1 Å². The number of rotatable bonds is 2. The van der Waals surface area contributed by atoms with Crippen LogP contribution < -0.4 is 5.32 Å². The largest absolute Gasteiger partial charge is 0.377 e. The molecule has 1 unspecified atom stereocenters. The second kappa shape index (κ2) is 4.39. The van der Waals surface area contributed by atoms with E-state index in [1.807, 2.05) is 27.7 Å². The summed E-state index contributed by atoms with van der Waals surface area (Å²) in [6.45, 7) is 8.12. The third kappa shape index (κ3) is 2.78. The fourth-order valence-corrected chi connectivity index (χ4v) is 2.76. The molecule has 1 N–H and O–H groups in total. The lowest BCUT2D eigenvalue weighted by molar-refractivity contribution is -0.0662. The first-order chi connectivity index (χ1) is 8.20. The van der Waals surface area contributed by atoms with Crippen molar-refractivity contribution in [3.05, 3.63) is 29.0 Å². The van der Waals surface area contributed by atoms with Crippen molar-refractivity contribution in [1.29, 1.82) is 0 Å². The molecular formula is C14H19ClFNO. The van der Waals surface area contributed by atoms with E-state index in [1.165, 1.54) is 6.07 Å². The summed E-state index contributed by atoms with van der Waals surface area (Å²) in [6, 6.07) is 4.58. The molecule has 0 saturated carbocycles. The van der Waals surface area contributed by atoms with E-state index in [1.54, 1.807) is 12.1 Å². The normalized spacial score (nSPS) is 25.1. The van der Waals surface area contributed by atoms with Gasteiger partial charge in [0.1, 0.15) is 5.82 Å².